The Morgan fingerprint density at radius 2 is 1.45 bits per heavy atom. The molecular weight excluding hydrogens is 416 g/mol. The number of nitrogens with zero attached hydrogens (tertiary/aromatic N) is 2. The predicted octanol–water partition coefficient (Wildman–Crippen LogP) is 5.57. The molecule has 0 aliphatic heterocycles. The van der Waals surface area contributed by atoms with E-state index >= 15 is 0 Å². The second-order valence-corrected chi connectivity index (χ2v) is 7.06. The smallest absolute Gasteiger partial charge is 0.189 e. The first-order valence-electron chi connectivity index (χ1n) is 10.2. The minimum atomic E-state index is -0.196. The summed E-state index contributed by atoms with van der Waals surface area (Å²) in [7, 11) is 1.61. The summed E-state index contributed by atoms with van der Waals surface area (Å²) >= 11 is 0. The van der Waals surface area contributed by atoms with Crippen molar-refractivity contribution in [3.63, 3.8) is 0 Å². The average molecular weight is 438 g/mol. The van der Waals surface area contributed by atoms with Gasteiger partial charge in [0.05, 0.1) is 12.7 Å². The average Bonchev–Trinajstić information content (AvgIpc) is 2.85. The van der Waals surface area contributed by atoms with Crippen molar-refractivity contribution < 1.29 is 14.6 Å². The van der Waals surface area contributed by atoms with Gasteiger partial charge in [-0.1, -0.05) is 0 Å². The van der Waals surface area contributed by atoms with Crippen LogP contribution in [-0.2, 0) is 0 Å². The minimum Gasteiger partial charge on any atom is -0.508 e. The topological polar surface area (TPSA) is 96.4 Å². The quantitative estimate of drug-likeness (QED) is 0.188. The number of rotatable bonds is 8. The predicted molar refractivity (Wildman–Crippen MR) is 130 cm³/mol. The standard InChI is InChI=1S/C26H22N4O3/c1-33-22-13-9-20(10-14-22)30-26-23(5-3-17-28-26)24(32)15-6-18-4-2-16-27-25(18)29-19-7-11-21(31)12-8-19/h2-17,31H,1H3,(H,27,29)(H,28,30)/b15-6+. The molecule has 4 aromatic rings. The van der Waals surface area contributed by atoms with E-state index in [9.17, 15) is 9.90 Å². The third kappa shape index (κ3) is 5.54. The Bertz CT molecular complexity index is 1270. The number of ether oxygens (including phenoxy) is 1. The number of phenols is 1. The molecule has 0 saturated carbocycles. The molecular formula is C26H22N4O3. The molecule has 2 aromatic heterocycles. The summed E-state index contributed by atoms with van der Waals surface area (Å²) in [4.78, 5) is 21.7. The van der Waals surface area contributed by atoms with E-state index < -0.39 is 0 Å². The molecule has 3 N–H and O–H groups in total. The van der Waals surface area contributed by atoms with Crippen molar-refractivity contribution in [3.8, 4) is 11.5 Å². The second-order valence-electron chi connectivity index (χ2n) is 7.06. The van der Waals surface area contributed by atoms with Crippen LogP contribution < -0.4 is 15.4 Å². The molecule has 164 valence electrons. The summed E-state index contributed by atoms with van der Waals surface area (Å²) in [6, 6.07) is 21.1. The lowest BCUT2D eigenvalue weighted by molar-refractivity contribution is 0.104. The fraction of sp³-hybridized carbons (Fsp3) is 0.0385. The number of hydrogen-bond acceptors (Lipinski definition) is 7. The summed E-state index contributed by atoms with van der Waals surface area (Å²) in [5.41, 5.74) is 2.75. The highest BCUT2D eigenvalue weighted by atomic mass is 16.5. The van der Waals surface area contributed by atoms with Gasteiger partial charge in [-0.25, -0.2) is 9.97 Å². The molecule has 7 nitrogen and oxygen atoms in total. The number of ketones is 1. The van der Waals surface area contributed by atoms with Gasteiger partial charge in [-0.05, 0) is 84.9 Å². The number of carbonyl (C=O) groups excluding carboxylic acids is 1. The van der Waals surface area contributed by atoms with E-state index in [1.165, 1.54) is 6.08 Å². The van der Waals surface area contributed by atoms with Crippen molar-refractivity contribution in [1.82, 2.24) is 9.97 Å². The van der Waals surface area contributed by atoms with E-state index in [0.29, 0.717) is 17.2 Å². The molecule has 7 heteroatoms. The molecule has 0 atom stereocenters. The normalized spacial score (nSPS) is 10.7. The highest BCUT2D eigenvalue weighted by Gasteiger charge is 2.11. The molecule has 4 rings (SSSR count). The van der Waals surface area contributed by atoms with Gasteiger partial charge in [0.15, 0.2) is 5.78 Å². The number of phenolic OH excluding ortho intramolecular Hbond substituents is 1. The van der Waals surface area contributed by atoms with Crippen LogP contribution in [0.25, 0.3) is 6.08 Å². The Kier molecular flexibility index (Phi) is 6.61. The zero-order valence-electron chi connectivity index (χ0n) is 17.9. The Hall–Kier alpha value is -4.65. The number of hydrogen-bond donors (Lipinski definition) is 3. The van der Waals surface area contributed by atoms with Crippen LogP contribution in [0.5, 0.6) is 11.5 Å². The summed E-state index contributed by atoms with van der Waals surface area (Å²) in [5.74, 6) is 1.79. The number of carbonyl (C=O) groups is 1. The van der Waals surface area contributed by atoms with Crippen LogP contribution in [-0.4, -0.2) is 28.0 Å². The summed E-state index contributed by atoms with van der Waals surface area (Å²) in [6.45, 7) is 0. The van der Waals surface area contributed by atoms with E-state index in [0.717, 1.165) is 22.7 Å². The molecule has 2 aromatic carbocycles. The Morgan fingerprint density at radius 3 is 2.15 bits per heavy atom. The van der Waals surface area contributed by atoms with Gasteiger partial charge in [-0.2, -0.15) is 0 Å². The van der Waals surface area contributed by atoms with E-state index in [2.05, 4.69) is 20.6 Å². The first kappa shape index (κ1) is 21.6. The van der Waals surface area contributed by atoms with Crippen LogP contribution in [0.4, 0.5) is 23.0 Å². The summed E-state index contributed by atoms with van der Waals surface area (Å²) in [6.07, 6.45) is 6.50. The van der Waals surface area contributed by atoms with Crippen molar-refractivity contribution in [2.45, 2.75) is 0 Å². The number of aromatic hydroxyl groups is 1. The van der Waals surface area contributed by atoms with Gasteiger partial charge < -0.3 is 20.5 Å². The number of aromatic nitrogens is 2. The Labute approximate surface area is 191 Å². The molecule has 2 heterocycles. The third-order valence-electron chi connectivity index (χ3n) is 4.81. The van der Waals surface area contributed by atoms with Crippen LogP contribution in [0.1, 0.15) is 15.9 Å². The van der Waals surface area contributed by atoms with E-state index in [4.69, 9.17) is 4.74 Å². The van der Waals surface area contributed by atoms with Crippen LogP contribution in [0.15, 0.2) is 91.3 Å². The zero-order chi connectivity index (χ0) is 23.0. The fourth-order valence-corrected chi connectivity index (χ4v) is 3.11. The number of benzene rings is 2. The Balaban J connectivity index is 1.53. The lowest BCUT2D eigenvalue weighted by Crippen LogP contribution is -2.03. The maximum atomic E-state index is 13.0. The van der Waals surface area contributed by atoms with Crippen molar-refractivity contribution >= 4 is 34.9 Å². The number of nitrogens with one attached hydrogen (secondary N) is 2. The SMILES string of the molecule is COc1ccc(Nc2ncccc2C(=O)/C=C/c2cccnc2Nc2ccc(O)cc2)cc1. The largest absolute Gasteiger partial charge is 0.508 e. The molecule has 0 saturated heterocycles. The van der Waals surface area contributed by atoms with Gasteiger partial charge in [0, 0.05) is 29.3 Å². The minimum absolute atomic E-state index is 0.183. The highest BCUT2D eigenvalue weighted by molar-refractivity contribution is 6.10. The number of pyridine rings is 2. The maximum Gasteiger partial charge on any atom is 0.189 e. The van der Waals surface area contributed by atoms with Gasteiger partial charge in [-0.15, -0.1) is 0 Å². The van der Waals surface area contributed by atoms with Crippen LogP contribution in [0.2, 0.25) is 0 Å². The van der Waals surface area contributed by atoms with E-state index in [-0.39, 0.29) is 11.5 Å². The molecule has 0 amide bonds. The third-order valence-corrected chi connectivity index (χ3v) is 4.81. The van der Waals surface area contributed by atoms with Gasteiger partial charge >= 0.3 is 0 Å². The Morgan fingerprint density at radius 1 is 0.848 bits per heavy atom. The van der Waals surface area contributed by atoms with Gasteiger partial charge in [0.1, 0.15) is 23.1 Å². The maximum absolute atomic E-state index is 13.0. The molecule has 0 radical (unpaired) electrons. The number of allylic oxidation sites excluding steroid dienone is 1. The van der Waals surface area contributed by atoms with Crippen molar-refractivity contribution in [2.24, 2.45) is 0 Å². The zero-order valence-corrected chi connectivity index (χ0v) is 17.9. The van der Waals surface area contributed by atoms with Gasteiger partial charge in [0.25, 0.3) is 0 Å². The fourth-order valence-electron chi connectivity index (χ4n) is 3.11. The van der Waals surface area contributed by atoms with Crippen molar-refractivity contribution in [1.29, 1.82) is 0 Å². The first-order valence-corrected chi connectivity index (χ1v) is 10.2. The van der Waals surface area contributed by atoms with Crippen LogP contribution in [0.3, 0.4) is 0 Å². The molecule has 33 heavy (non-hydrogen) atoms. The lowest BCUT2D eigenvalue weighted by Gasteiger charge is -2.10. The van der Waals surface area contributed by atoms with Crippen molar-refractivity contribution in [2.75, 3.05) is 17.7 Å². The van der Waals surface area contributed by atoms with Gasteiger partial charge in [0.2, 0.25) is 0 Å². The summed E-state index contributed by atoms with van der Waals surface area (Å²) in [5, 5.41) is 15.8. The molecule has 0 aliphatic rings. The van der Waals surface area contributed by atoms with Crippen LogP contribution in [0, 0.1) is 0 Å². The molecule has 0 bridgehead atoms. The highest BCUT2D eigenvalue weighted by Crippen LogP contribution is 2.24. The summed E-state index contributed by atoms with van der Waals surface area (Å²) < 4.78 is 5.18. The van der Waals surface area contributed by atoms with E-state index in [1.54, 1.807) is 68.0 Å². The van der Waals surface area contributed by atoms with Crippen LogP contribution >= 0.6 is 0 Å². The molecule has 0 fully saturated rings. The van der Waals surface area contributed by atoms with Crippen molar-refractivity contribution in [3.05, 3.63) is 102 Å². The second kappa shape index (κ2) is 10.1. The monoisotopic (exact) mass is 438 g/mol. The number of anilines is 4. The number of methoxy groups -OCH3 is 1. The molecule has 0 unspecified atom stereocenters. The van der Waals surface area contributed by atoms with Gasteiger partial charge in [-0.3, -0.25) is 4.79 Å². The first-order chi connectivity index (χ1) is 16.1. The molecule has 0 aliphatic carbocycles. The van der Waals surface area contributed by atoms with E-state index in [1.807, 2.05) is 30.3 Å². The molecule has 0 spiro atoms. The lowest BCUT2D eigenvalue weighted by atomic mass is 10.1.